The van der Waals surface area contributed by atoms with Gasteiger partial charge >= 0.3 is 5.91 Å². The van der Waals surface area contributed by atoms with E-state index in [1.54, 1.807) is 31.4 Å². The van der Waals surface area contributed by atoms with Crippen molar-refractivity contribution < 1.29 is 28.9 Å². The van der Waals surface area contributed by atoms with Crippen molar-refractivity contribution in [1.29, 1.82) is 0 Å². The Balaban J connectivity index is 1.52. The molecule has 8 nitrogen and oxygen atoms in total. The first-order valence-electron chi connectivity index (χ1n) is 14.5. The number of ketones is 1. The highest BCUT2D eigenvalue weighted by Gasteiger charge is 2.48. The lowest BCUT2D eigenvalue weighted by molar-refractivity contribution is -0.132. The first-order chi connectivity index (χ1) is 20.7. The molecule has 2 aliphatic heterocycles. The number of nitrogens with zero attached hydrogens (tertiary/aromatic N) is 2. The van der Waals surface area contributed by atoms with Gasteiger partial charge in [0, 0.05) is 12.0 Å². The number of carbonyl (C=O) groups is 2. The normalized spacial score (nSPS) is 19.1. The van der Waals surface area contributed by atoms with Crippen LogP contribution >= 0.6 is 11.3 Å². The largest absolute Gasteiger partial charge is 0.507 e. The van der Waals surface area contributed by atoms with Crippen LogP contribution in [0.5, 0.6) is 17.2 Å². The zero-order valence-corrected chi connectivity index (χ0v) is 25.7. The molecule has 3 heterocycles. The highest BCUT2D eigenvalue weighted by Crippen LogP contribution is 2.46. The van der Waals surface area contributed by atoms with Crippen LogP contribution in [0.3, 0.4) is 0 Å². The molecular formula is C34H34N2O6S. The summed E-state index contributed by atoms with van der Waals surface area (Å²) >= 11 is 1.34. The molecule has 0 spiro atoms. The molecule has 0 bridgehead atoms. The number of aryl methyl sites for hydroxylation is 2. The van der Waals surface area contributed by atoms with Crippen LogP contribution in [-0.4, -0.2) is 41.6 Å². The van der Waals surface area contributed by atoms with Crippen LogP contribution in [0.25, 0.3) is 16.0 Å². The van der Waals surface area contributed by atoms with Gasteiger partial charge in [-0.3, -0.25) is 14.5 Å². The van der Waals surface area contributed by atoms with Crippen LogP contribution in [0.4, 0.5) is 5.13 Å². The fraction of sp³-hybridized carbons (Fsp3) is 0.324. The number of thiazole rings is 1. The van der Waals surface area contributed by atoms with Gasteiger partial charge in [-0.05, 0) is 85.8 Å². The maximum absolute atomic E-state index is 13.8. The van der Waals surface area contributed by atoms with Gasteiger partial charge in [0.05, 0.1) is 35.5 Å². The molecular weight excluding hydrogens is 564 g/mol. The Morgan fingerprint density at radius 3 is 2.70 bits per heavy atom. The summed E-state index contributed by atoms with van der Waals surface area (Å²) in [4.78, 5) is 33.8. The molecule has 3 aromatic carbocycles. The Kier molecular flexibility index (Phi) is 7.60. The third kappa shape index (κ3) is 5.12. The molecule has 9 heteroatoms. The van der Waals surface area contributed by atoms with Gasteiger partial charge < -0.3 is 19.3 Å². The zero-order valence-electron chi connectivity index (χ0n) is 24.9. The summed E-state index contributed by atoms with van der Waals surface area (Å²) < 4.78 is 18.4. The van der Waals surface area contributed by atoms with Crippen molar-refractivity contribution in [3.05, 3.63) is 81.9 Å². The Labute approximate surface area is 254 Å². The van der Waals surface area contributed by atoms with Crippen molar-refractivity contribution in [3.8, 4) is 17.2 Å². The Morgan fingerprint density at radius 1 is 1.12 bits per heavy atom. The van der Waals surface area contributed by atoms with Gasteiger partial charge in [-0.1, -0.05) is 36.8 Å². The van der Waals surface area contributed by atoms with E-state index in [0.29, 0.717) is 40.8 Å². The highest BCUT2D eigenvalue weighted by atomic mass is 32.1. The smallest absolute Gasteiger partial charge is 0.301 e. The summed E-state index contributed by atoms with van der Waals surface area (Å²) in [5.41, 5.74) is 4.80. The number of Topliss-reactive ketones (excluding diaryl/α,β-unsaturated/α-hetero) is 1. The number of carbonyl (C=O) groups excluding carboxylic acids is 2. The number of methoxy groups -OCH3 is 1. The summed E-state index contributed by atoms with van der Waals surface area (Å²) in [6.45, 7) is 8.60. The van der Waals surface area contributed by atoms with Gasteiger partial charge in [-0.25, -0.2) is 4.98 Å². The third-order valence-corrected chi connectivity index (χ3v) is 8.90. The second-order valence-corrected chi connectivity index (χ2v) is 12.2. The van der Waals surface area contributed by atoms with Crippen LogP contribution < -0.4 is 19.1 Å². The number of unbranched alkanes of at least 4 members (excludes halogenated alkanes) is 1. The van der Waals surface area contributed by atoms with E-state index in [0.717, 1.165) is 45.5 Å². The second-order valence-electron chi connectivity index (χ2n) is 11.2. The number of benzene rings is 3. The third-order valence-electron chi connectivity index (χ3n) is 7.90. The van der Waals surface area contributed by atoms with E-state index in [1.165, 1.54) is 16.2 Å². The van der Waals surface area contributed by atoms with Crippen LogP contribution in [-0.2, 0) is 16.0 Å². The van der Waals surface area contributed by atoms with E-state index < -0.39 is 17.7 Å². The van der Waals surface area contributed by atoms with Crippen molar-refractivity contribution in [2.45, 2.75) is 59.1 Å². The van der Waals surface area contributed by atoms with Crippen molar-refractivity contribution in [3.63, 3.8) is 0 Å². The Hall–Kier alpha value is -4.37. The van der Waals surface area contributed by atoms with Crippen LogP contribution in [0.15, 0.2) is 54.1 Å². The molecule has 222 valence electrons. The van der Waals surface area contributed by atoms with Gasteiger partial charge in [-0.15, -0.1) is 0 Å². The van der Waals surface area contributed by atoms with E-state index in [9.17, 15) is 14.7 Å². The molecule has 0 unspecified atom stereocenters. The van der Waals surface area contributed by atoms with Crippen LogP contribution in [0.2, 0.25) is 0 Å². The van der Waals surface area contributed by atoms with Crippen LogP contribution in [0, 0.1) is 13.8 Å². The fourth-order valence-electron chi connectivity index (χ4n) is 5.83. The summed E-state index contributed by atoms with van der Waals surface area (Å²) in [5, 5.41) is 12.1. The molecule has 2 aliphatic rings. The lowest BCUT2D eigenvalue weighted by Gasteiger charge is -2.24. The molecule has 6 rings (SSSR count). The summed E-state index contributed by atoms with van der Waals surface area (Å²) in [6, 6.07) is 13.8. The minimum Gasteiger partial charge on any atom is -0.507 e. The number of aliphatic hydroxyl groups is 1. The van der Waals surface area contributed by atoms with E-state index in [-0.39, 0.29) is 17.4 Å². The fourth-order valence-corrected chi connectivity index (χ4v) is 7.00. The number of hydrogen-bond acceptors (Lipinski definition) is 8. The van der Waals surface area contributed by atoms with E-state index in [1.807, 2.05) is 45.0 Å². The van der Waals surface area contributed by atoms with Gasteiger partial charge in [0.15, 0.2) is 16.6 Å². The SMILES string of the molecule is CCCCOc1ccc([C@H]2/C(=C(\O)c3ccc4c(c3)C[C@@H](C)O4)C(=O)C(=O)N2c2nc3c(C)cc(C)cc3s2)cc1OC. The van der Waals surface area contributed by atoms with Crippen molar-refractivity contribution in [2.75, 3.05) is 18.6 Å². The van der Waals surface area contributed by atoms with Crippen molar-refractivity contribution >= 4 is 44.1 Å². The number of aliphatic hydroxyl groups excluding tert-OH is 1. The maximum atomic E-state index is 13.8. The second kappa shape index (κ2) is 11.4. The summed E-state index contributed by atoms with van der Waals surface area (Å²) in [5.74, 6) is 0.0182. The van der Waals surface area contributed by atoms with E-state index in [4.69, 9.17) is 19.2 Å². The molecule has 0 aliphatic carbocycles. The number of fused-ring (bicyclic) bond motifs is 2. The molecule has 0 radical (unpaired) electrons. The first-order valence-corrected chi connectivity index (χ1v) is 15.3. The monoisotopic (exact) mass is 598 g/mol. The number of anilines is 1. The molecule has 1 amide bonds. The summed E-state index contributed by atoms with van der Waals surface area (Å²) in [7, 11) is 1.55. The predicted octanol–water partition coefficient (Wildman–Crippen LogP) is 7.05. The number of amides is 1. The van der Waals surface area contributed by atoms with Gasteiger partial charge in [0.1, 0.15) is 17.6 Å². The maximum Gasteiger partial charge on any atom is 0.301 e. The zero-order chi connectivity index (χ0) is 30.4. The van der Waals surface area contributed by atoms with E-state index >= 15 is 0 Å². The van der Waals surface area contributed by atoms with Crippen molar-refractivity contribution in [2.24, 2.45) is 0 Å². The minimum atomic E-state index is -0.941. The van der Waals surface area contributed by atoms with Crippen molar-refractivity contribution in [1.82, 2.24) is 4.98 Å². The Morgan fingerprint density at radius 2 is 1.93 bits per heavy atom. The number of ether oxygens (including phenoxy) is 3. The molecule has 43 heavy (non-hydrogen) atoms. The molecule has 1 fully saturated rings. The lowest BCUT2D eigenvalue weighted by Crippen LogP contribution is -2.29. The van der Waals surface area contributed by atoms with E-state index in [2.05, 4.69) is 6.92 Å². The standard InChI is InChI=1S/C34H34N2O6S/c1-6-7-12-41-25-11-8-21(17-26(25)40-5)30-28(31(37)22-9-10-24-23(16-22)15-20(4)42-24)32(38)33(39)36(30)34-35-29-19(3)13-18(2)14-27(29)43-34/h8-11,13-14,16-17,20,30,37H,6-7,12,15H2,1-5H3/b31-28+/t20-,30+/m1/s1. The van der Waals surface area contributed by atoms with Gasteiger partial charge in [-0.2, -0.15) is 0 Å². The molecule has 4 aromatic rings. The molecule has 0 saturated carbocycles. The predicted molar refractivity (Wildman–Crippen MR) is 168 cm³/mol. The minimum absolute atomic E-state index is 0.00854. The summed E-state index contributed by atoms with van der Waals surface area (Å²) in [6.07, 6.45) is 2.60. The van der Waals surface area contributed by atoms with Gasteiger partial charge in [0.25, 0.3) is 5.78 Å². The number of aromatic nitrogens is 1. The topological polar surface area (TPSA) is 98.2 Å². The molecule has 1 saturated heterocycles. The first kappa shape index (κ1) is 28.7. The molecule has 1 N–H and O–H groups in total. The highest BCUT2D eigenvalue weighted by molar-refractivity contribution is 7.22. The number of hydrogen-bond donors (Lipinski definition) is 1. The average Bonchev–Trinajstić information content (AvgIpc) is 3.65. The molecule has 2 atom stereocenters. The quantitative estimate of drug-likeness (QED) is 0.100. The van der Waals surface area contributed by atoms with Crippen LogP contribution in [0.1, 0.15) is 60.5 Å². The average molecular weight is 599 g/mol. The molecule has 1 aromatic heterocycles. The Bertz CT molecular complexity index is 1790. The van der Waals surface area contributed by atoms with Gasteiger partial charge in [0.2, 0.25) is 0 Å². The lowest BCUT2D eigenvalue weighted by atomic mass is 9.94. The number of rotatable bonds is 8.